The van der Waals surface area contributed by atoms with Crippen molar-refractivity contribution >= 4 is 39.6 Å². The van der Waals surface area contributed by atoms with Crippen LogP contribution < -0.4 is 10.2 Å². The molecule has 51 heavy (non-hydrogen) atoms. The molecule has 1 saturated heterocycles. The van der Waals surface area contributed by atoms with Gasteiger partial charge in [0.15, 0.2) is 0 Å². The molecule has 1 fully saturated rings. The highest BCUT2D eigenvalue weighted by Gasteiger charge is 2.32. The molecule has 1 N–H and O–H groups in total. The Morgan fingerprint density at radius 1 is 0.961 bits per heavy atom. The predicted octanol–water partition coefficient (Wildman–Crippen LogP) is 5.12. The fourth-order valence-corrected chi connectivity index (χ4v) is 7.05. The molecule has 0 aliphatic carbocycles. The molecule has 0 spiro atoms. The average molecular weight is 683 g/mol. The maximum absolute atomic E-state index is 14.2. The highest BCUT2D eigenvalue weighted by molar-refractivity contribution is 6.06. The van der Waals surface area contributed by atoms with E-state index in [0.29, 0.717) is 59.8 Å². The standard InChI is InChI=1S/C37H34N10O4/c1-24-9-10-25(20-28(24)36(48)39-26-6-3-2-4-7-26)30-22-45(42-40-30)23-31-35(34-8-5-15-46(34)41-31)37(49)44-18-16-43(17-19-44)32-11-12-33(47(50)51)29-21-38-14-13-27(29)32/h2-4,6-7,9-14,20-22H,5,8,15-19,23H2,1H3,(H,39,48). The zero-order valence-corrected chi connectivity index (χ0v) is 27.9. The van der Waals surface area contributed by atoms with Gasteiger partial charge in [0.05, 0.1) is 40.0 Å². The van der Waals surface area contributed by atoms with Crippen LogP contribution in [0.5, 0.6) is 0 Å². The van der Waals surface area contributed by atoms with Gasteiger partial charge in [-0.15, -0.1) is 5.10 Å². The van der Waals surface area contributed by atoms with Crippen LogP contribution in [0.25, 0.3) is 22.0 Å². The van der Waals surface area contributed by atoms with Gasteiger partial charge in [-0.05, 0) is 55.7 Å². The van der Waals surface area contributed by atoms with Crippen molar-refractivity contribution < 1.29 is 14.5 Å². The minimum atomic E-state index is -0.390. The number of amides is 2. The molecule has 0 bridgehead atoms. The SMILES string of the molecule is Cc1ccc(-c2cn(Cc3nn4c(c3C(=O)N3CCN(c5ccc([N+](=O)[O-])c6cnccc56)CC3)CCC4)nn2)cc1C(=O)Nc1ccccc1. The van der Waals surface area contributed by atoms with Gasteiger partial charge in [-0.25, -0.2) is 4.68 Å². The Morgan fingerprint density at radius 3 is 2.59 bits per heavy atom. The van der Waals surface area contributed by atoms with E-state index in [9.17, 15) is 19.7 Å². The van der Waals surface area contributed by atoms with Crippen LogP contribution in [0.4, 0.5) is 17.1 Å². The summed E-state index contributed by atoms with van der Waals surface area (Å²) < 4.78 is 3.62. The number of rotatable bonds is 8. The molecule has 3 aromatic heterocycles. The highest BCUT2D eigenvalue weighted by atomic mass is 16.6. The molecule has 14 nitrogen and oxygen atoms in total. The second-order valence-electron chi connectivity index (χ2n) is 12.8. The molecule has 14 heteroatoms. The van der Waals surface area contributed by atoms with Gasteiger partial charge in [-0.2, -0.15) is 5.10 Å². The van der Waals surface area contributed by atoms with Crippen LogP contribution in [0, 0.1) is 17.0 Å². The number of hydrogen-bond acceptors (Lipinski definition) is 9. The predicted molar refractivity (Wildman–Crippen MR) is 191 cm³/mol. The first-order valence-electron chi connectivity index (χ1n) is 16.9. The number of nitrogens with zero attached hydrogens (tertiary/aromatic N) is 9. The van der Waals surface area contributed by atoms with Gasteiger partial charge in [0.2, 0.25) is 0 Å². The minimum absolute atomic E-state index is 0.0209. The number of para-hydroxylation sites is 1. The number of carbonyl (C=O) groups excluding carboxylic acids is 2. The van der Waals surface area contributed by atoms with Gasteiger partial charge in [-0.3, -0.25) is 29.4 Å². The van der Waals surface area contributed by atoms with Gasteiger partial charge in [0.25, 0.3) is 17.5 Å². The normalized spacial score (nSPS) is 14.1. The number of nitrogens with one attached hydrogen (secondary N) is 1. The number of anilines is 2. The molecule has 0 unspecified atom stereocenters. The number of benzene rings is 3. The topological polar surface area (TPSA) is 157 Å². The minimum Gasteiger partial charge on any atom is -0.367 e. The molecule has 0 atom stereocenters. The molecule has 2 amide bonds. The second-order valence-corrected chi connectivity index (χ2v) is 12.8. The Hall–Kier alpha value is -6.44. The monoisotopic (exact) mass is 682 g/mol. The number of aryl methyl sites for hydroxylation is 2. The van der Waals surface area contributed by atoms with Crippen LogP contribution in [0.2, 0.25) is 0 Å². The molecule has 0 radical (unpaired) electrons. The summed E-state index contributed by atoms with van der Waals surface area (Å²) in [5.74, 6) is -0.263. The van der Waals surface area contributed by atoms with E-state index in [2.05, 4.69) is 25.5 Å². The van der Waals surface area contributed by atoms with Gasteiger partial charge in [0.1, 0.15) is 5.69 Å². The zero-order chi connectivity index (χ0) is 35.1. The molecule has 5 heterocycles. The fraction of sp³-hybridized carbons (Fsp3) is 0.243. The van der Waals surface area contributed by atoms with E-state index in [1.54, 1.807) is 23.0 Å². The number of fused-ring (bicyclic) bond motifs is 2. The second kappa shape index (κ2) is 13.1. The van der Waals surface area contributed by atoms with E-state index in [-0.39, 0.29) is 24.0 Å². The van der Waals surface area contributed by atoms with Crippen molar-refractivity contribution in [3.05, 3.63) is 124 Å². The maximum Gasteiger partial charge on any atom is 0.278 e. The molecule has 6 aromatic rings. The van der Waals surface area contributed by atoms with Crippen molar-refractivity contribution in [1.29, 1.82) is 0 Å². The molecular weight excluding hydrogens is 648 g/mol. The number of non-ortho nitro benzene ring substituents is 1. The zero-order valence-electron chi connectivity index (χ0n) is 27.9. The van der Waals surface area contributed by atoms with Crippen LogP contribution in [-0.4, -0.2) is 77.6 Å². The van der Waals surface area contributed by atoms with Crippen LogP contribution in [0.1, 0.15) is 44.1 Å². The third-order valence-corrected chi connectivity index (χ3v) is 9.66. The smallest absolute Gasteiger partial charge is 0.278 e. The van der Waals surface area contributed by atoms with Gasteiger partial charge in [-0.1, -0.05) is 35.5 Å². The molecule has 256 valence electrons. The van der Waals surface area contributed by atoms with Crippen LogP contribution in [-0.2, 0) is 19.5 Å². The first-order valence-corrected chi connectivity index (χ1v) is 16.9. The van der Waals surface area contributed by atoms with Crippen molar-refractivity contribution in [2.24, 2.45) is 0 Å². The van der Waals surface area contributed by atoms with Crippen LogP contribution >= 0.6 is 0 Å². The van der Waals surface area contributed by atoms with Crippen molar-refractivity contribution in [1.82, 2.24) is 34.7 Å². The Bertz CT molecular complexity index is 2310. The van der Waals surface area contributed by atoms with Crippen molar-refractivity contribution in [2.75, 3.05) is 36.4 Å². The third-order valence-electron chi connectivity index (χ3n) is 9.66. The van der Waals surface area contributed by atoms with Gasteiger partial charge < -0.3 is 15.1 Å². The summed E-state index contributed by atoms with van der Waals surface area (Å²) in [5, 5.41) is 29.4. The molecule has 8 rings (SSSR count). The first kappa shape index (κ1) is 31.8. The highest BCUT2D eigenvalue weighted by Crippen LogP contribution is 2.34. The molecule has 0 saturated carbocycles. The number of aromatic nitrogens is 6. The lowest BCUT2D eigenvalue weighted by atomic mass is 10.0. The summed E-state index contributed by atoms with van der Waals surface area (Å²) in [4.78, 5) is 46.7. The number of pyridine rings is 1. The molecule has 2 aliphatic rings. The summed E-state index contributed by atoms with van der Waals surface area (Å²) in [6.45, 7) is 5.06. The molecular formula is C37H34N10O4. The van der Waals surface area contributed by atoms with Crippen molar-refractivity contribution in [3.8, 4) is 11.3 Å². The van der Waals surface area contributed by atoms with Gasteiger partial charge in [0, 0.05) is 79.1 Å². The number of carbonyl (C=O) groups is 2. The molecule has 3 aromatic carbocycles. The first-order chi connectivity index (χ1) is 24.8. The summed E-state index contributed by atoms with van der Waals surface area (Å²) in [5.41, 5.74) is 6.58. The van der Waals surface area contributed by atoms with E-state index >= 15 is 0 Å². The Kier molecular flexibility index (Phi) is 8.18. The Balaban J connectivity index is 0.995. The lowest BCUT2D eigenvalue weighted by Crippen LogP contribution is -2.49. The van der Waals surface area contributed by atoms with E-state index in [4.69, 9.17) is 5.10 Å². The number of hydrogen-bond donors (Lipinski definition) is 1. The van der Waals surface area contributed by atoms with E-state index in [1.165, 1.54) is 12.3 Å². The maximum atomic E-state index is 14.2. The fourth-order valence-electron chi connectivity index (χ4n) is 7.05. The number of nitro benzene ring substituents is 1. The summed E-state index contributed by atoms with van der Waals surface area (Å²) in [6, 6.07) is 20.1. The third kappa shape index (κ3) is 6.05. The van der Waals surface area contributed by atoms with Gasteiger partial charge >= 0.3 is 0 Å². The summed E-state index contributed by atoms with van der Waals surface area (Å²) in [6.07, 6.45) is 6.68. The molecule has 2 aliphatic heterocycles. The van der Waals surface area contributed by atoms with Crippen LogP contribution in [0.3, 0.4) is 0 Å². The van der Waals surface area contributed by atoms with Crippen LogP contribution in [0.15, 0.2) is 85.3 Å². The van der Waals surface area contributed by atoms with E-state index in [0.717, 1.165) is 47.3 Å². The summed E-state index contributed by atoms with van der Waals surface area (Å²) >= 11 is 0. The number of piperazine rings is 1. The lowest BCUT2D eigenvalue weighted by molar-refractivity contribution is -0.383. The van der Waals surface area contributed by atoms with Crippen molar-refractivity contribution in [2.45, 2.75) is 32.9 Å². The largest absolute Gasteiger partial charge is 0.367 e. The average Bonchev–Trinajstić information content (AvgIpc) is 3.89. The lowest BCUT2D eigenvalue weighted by Gasteiger charge is -2.36. The Morgan fingerprint density at radius 2 is 1.78 bits per heavy atom. The quantitative estimate of drug-likeness (QED) is 0.170. The van der Waals surface area contributed by atoms with Crippen molar-refractivity contribution in [3.63, 3.8) is 0 Å². The van der Waals surface area contributed by atoms with E-state index in [1.807, 2.05) is 71.2 Å². The summed E-state index contributed by atoms with van der Waals surface area (Å²) in [7, 11) is 0. The van der Waals surface area contributed by atoms with E-state index < -0.39 is 4.92 Å². The Labute approximate surface area is 292 Å². The number of nitro groups is 1.